The summed E-state index contributed by atoms with van der Waals surface area (Å²) in [6, 6.07) is 10.3. The van der Waals surface area contributed by atoms with Gasteiger partial charge in [0.05, 0.1) is 22.5 Å². The lowest BCUT2D eigenvalue weighted by Crippen LogP contribution is -2.40. The molecule has 2 amide bonds. The highest BCUT2D eigenvalue weighted by atomic mass is 35.5. The third-order valence-corrected chi connectivity index (χ3v) is 7.66. The number of ether oxygens (including phenoxy) is 1. The Morgan fingerprint density at radius 2 is 1.62 bits per heavy atom. The maximum Gasteiger partial charge on any atom is 0.238 e. The van der Waals surface area contributed by atoms with Gasteiger partial charge in [-0.15, -0.1) is 0 Å². The molecule has 3 fully saturated rings. The van der Waals surface area contributed by atoms with Crippen LogP contribution in [0.15, 0.2) is 54.6 Å². The fourth-order valence-electron chi connectivity index (χ4n) is 5.80. The molecule has 2 aromatic rings. The fourth-order valence-corrected chi connectivity index (χ4v) is 5.99. The second kappa shape index (κ2) is 7.01. The maximum atomic E-state index is 13.3. The molecular weight excluding hydrogens is 433 g/mol. The smallest absolute Gasteiger partial charge is 0.238 e. The minimum Gasteiger partial charge on any atom is -0.485 e. The second-order valence-corrected chi connectivity index (χ2v) is 9.41. The first-order valence-electron chi connectivity index (χ1n) is 10.7. The predicted octanol–water partition coefficient (Wildman–Crippen LogP) is 4.30. The Hall–Kier alpha value is -2.99. The third kappa shape index (κ3) is 2.85. The van der Waals surface area contributed by atoms with E-state index >= 15 is 0 Å². The van der Waals surface area contributed by atoms with Crippen LogP contribution in [0.2, 0.25) is 5.02 Å². The van der Waals surface area contributed by atoms with Gasteiger partial charge in [0, 0.05) is 5.56 Å². The van der Waals surface area contributed by atoms with Gasteiger partial charge < -0.3 is 4.74 Å². The number of nitrogens with zero attached hydrogens (tertiary/aromatic N) is 1. The predicted molar refractivity (Wildman–Crippen MR) is 115 cm³/mol. The van der Waals surface area contributed by atoms with E-state index in [1.807, 2.05) is 0 Å². The Morgan fingerprint density at radius 1 is 1.00 bits per heavy atom. The van der Waals surface area contributed by atoms with E-state index < -0.39 is 5.82 Å². The summed E-state index contributed by atoms with van der Waals surface area (Å²) in [5.41, 5.74) is 0.775. The number of halogens is 2. The quantitative estimate of drug-likeness (QED) is 0.386. The minimum absolute atomic E-state index is 0.110. The highest BCUT2D eigenvalue weighted by Crippen LogP contribution is 2.65. The number of hydrogen-bond donors (Lipinski definition) is 0. The van der Waals surface area contributed by atoms with Gasteiger partial charge in [0.15, 0.2) is 12.4 Å². The topological polar surface area (TPSA) is 63.7 Å². The van der Waals surface area contributed by atoms with Gasteiger partial charge in [0.2, 0.25) is 11.8 Å². The van der Waals surface area contributed by atoms with Crippen molar-refractivity contribution in [1.29, 1.82) is 0 Å². The summed E-state index contributed by atoms with van der Waals surface area (Å²) in [5, 5.41) is -0.123. The van der Waals surface area contributed by atoms with Crippen molar-refractivity contribution in [2.75, 3.05) is 11.5 Å². The average molecular weight is 452 g/mol. The second-order valence-electron chi connectivity index (χ2n) is 9.00. The van der Waals surface area contributed by atoms with Crippen LogP contribution in [0.1, 0.15) is 16.8 Å². The Morgan fingerprint density at radius 3 is 2.22 bits per heavy atom. The number of ketones is 1. The largest absolute Gasteiger partial charge is 0.485 e. The van der Waals surface area contributed by atoms with Gasteiger partial charge in [-0.1, -0.05) is 23.8 Å². The molecule has 2 saturated carbocycles. The van der Waals surface area contributed by atoms with Gasteiger partial charge >= 0.3 is 0 Å². The van der Waals surface area contributed by atoms with Crippen LogP contribution in [0, 0.1) is 41.3 Å². The summed E-state index contributed by atoms with van der Waals surface area (Å²) in [6.07, 6.45) is 5.43. The van der Waals surface area contributed by atoms with E-state index in [-0.39, 0.29) is 58.5 Å². The van der Waals surface area contributed by atoms with E-state index in [2.05, 4.69) is 12.2 Å². The number of carbonyl (C=O) groups excluding carboxylic acids is 3. The van der Waals surface area contributed by atoms with Crippen LogP contribution in [-0.2, 0) is 9.59 Å². The lowest BCUT2D eigenvalue weighted by Gasteiger charge is -2.37. The first kappa shape index (κ1) is 19.7. The van der Waals surface area contributed by atoms with Crippen molar-refractivity contribution in [3.05, 3.63) is 71.0 Å². The summed E-state index contributed by atoms with van der Waals surface area (Å²) >= 11 is 5.72. The zero-order valence-electron chi connectivity index (χ0n) is 16.9. The Balaban J connectivity index is 1.15. The molecule has 4 aliphatic carbocycles. The van der Waals surface area contributed by atoms with Crippen LogP contribution in [0.25, 0.3) is 0 Å². The number of amides is 2. The van der Waals surface area contributed by atoms with Crippen molar-refractivity contribution >= 4 is 34.9 Å². The average Bonchev–Trinajstić information content (AvgIpc) is 3.58. The number of carbonyl (C=O) groups is 3. The van der Waals surface area contributed by atoms with Crippen molar-refractivity contribution < 1.29 is 23.5 Å². The number of hydrogen-bond acceptors (Lipinski definition) is 4. The van der Waals surface area contributed by atoms with E-state index in [0.717, 1.165) is 12.5 Å². The molecule has 32 heavy (non-hydrogen) atoms. The number of allylic oxidation sites excluding steroid dienone is 2. The van der Waals surface area contributed by atoms with Crippen LogP contribution in [0.4, 0.5) is 10.1 Å². The number of anilines is 1. The third-order valence-electron chi connectivity index (χ3n) is 7.37. The monoisotopic (exact) mass is 451 g/mol. The summed E-state index contributed by atoms with van der Waals surface area (Å²) in [5.74, 6) is 0.292. The molecule has 7 heteroatoms. The molecule has 2 bridgehead atoms. The van der Waals surface area contributed by atoms with E-state index in [0.29, 0.717) is 23.3 Å². The van der Waals surface area contributed by atoms with Crippen LogP contribution in [0.3, 0.4) is 0 Å². The number of imide groups is 1. The molecule has 5 nitrogen and oxygen atoms in total. The van der Waals surface area contributed by atoms with E-state index in [9.17, 15) is 18.8 Å². The minimum atomic E-state index is -0.591. The Labute approximate surface area is 188 Å². The molecule has 1 heterocycles. The number of Topliss-reactive ketones (excluding diaryl/α,β-unsaturated/α-hetero) is 1. The molecule has 5 aliphatic rings. The molecule has 0 radical (unpaired) electrons. The van der Waals surface area contributed by atoms with Crippen molar-refractivity contribution in [3.63, 3.8) is 0 Å². The summed E-state index contributed by atoms with van der Waals surface area (Å²) < 4.78 is 18.8. The lowest BCUT2D eigenvalue weighted by atomic mass is 9.63. The first-order valence-corrected chi connectivity index (χ1v) is 11.1. The molecule has 0 aromatic heterocycles. The van der Waals surface area contributed by atoms with Gasteiger partial charge in [0.1, 0.15) is 11.6 Å². The van der Waals surface area contributed by atoms with Gasteiger partial charge in [-0.25, -0.2) is 4.39 Å². The molecule has 0 unspecified atom stereocenters. The number of rotatable bonds is 5. The Kier molecular flexibility index (Phi) is 4.31. The van der Waals surface area contributed by atoms with E-state index in [1.54, 1.807) is 24.3 Å². The zero-order chi connectivity index (χ0) is 22.1. The van der Waals surface area contributed by atoms with Crippen molar-refractivity contribution in [2.45, 2.75) is 6.42 Å². The normalized spacial score (nSPS) is 31.5. The van der Waals surface area contributed by atoms with Crippen molar-refractivity contribution in [3.8, 4) is 5.75 Å². The molecule has 0 spiro atoms. The molecule has 1 saturated heterocycles. The van der Waals surface area contributed by atoms with Gasteiger partial charge in [-0.2, -0.15) is 0 Å². The van der Waals surface area contributed by atoms with Crippen LogP contribution >= 0.6 is 11.6 Å². The molecule has 2 aromatic carbocycles. The van der Waals surface area contributed by atoms with Gasteiger partial charge in [-0.3, -0.25) is 19.3 Å². The van der Waals surface area contributed by atoms with Crippen LogP contribution < -0.4 is 9.64 Å². The molecular formula is C25H19ClFNO4. The van der Waals surface area contributed by atoms with E-state index in [4.69, 9.17) is 16.3 Å². The summed E-state index contributed by atoms with van der Waals surface area (Å²) in [6.45, 7) is -0.245. The zero-order valence-corrected chi connectivity index (χ0v) is 17.7. The SMILES string of the molecule is O=C(COc1ccc(N2C(=O)[C@@H]3[C@@H]4C=C[C@@H]([C@H]5C[C@@H]45)[C@@H]3C2=O)cc1)c1ccc(F)c(Cl)c1. The standard InChI is InChI=1S/C25H19ClFNO4/c26-19-9-12(1-8-20(19)27)21(29)11-32-14-4-2-13(3-5-14)28-24(30)22-15-6-7-16(18-10-17(15)18)23(22)25(28)31/h1-9,15-18,22-23H,10-11H2/t15-,16+,17+,18-,22-,23+. The Bertz CT molecular complexity index is 1160. The molecule has 162 valence electrons. The molecule has 6 atom stereocenters. The fraction of sp³-hybridized carbons (Fsp3) is 0.320. The molecule has 7 rings (SSSR count). The van der Waals surface area contributed by atoms with E-state index in [1.165, 1.54) is 17.0 Å². The summed E-state index contributed by atoms with van der Waals surface area (Å²) in [7, 11) is 0. The number of benzene rings is 2. The lowest BCUT2D eigenvalue weighted by molar-refractivity contribution is -0.124. The highest BCUT2D eigenvalue weighted by molar-refractivity contribution is 6.31. The highest BCUT2D eigenvalue weighted by Gasteiger charge is 2.67. The maximum absolute atomic E-state index is 13.3. The van der Waals surface area contributed by atoms with Gasteiger partial charge in [-0.05, 0) is 72.6 Å². The van der Waals surface area contributed by atoms with Gasteiger partial charge in [0.25, 0.3) is 0 Å². The van der Waals surface area contributed by atoms with Crippen LogP contribution in [0.5, 0.6) is 5.75 Å². The van der Waals surface area contributed by atoms with Crippen molar-refractivity contribution in [1.82, 2.24) is 0 Å². The van der Waals surface area contributed by atoms with Crippen LogP contribution in [-0.4, -0.2) is 24.2 Å². The molecule has 1 aliphatic heterocycles. The van der Waals surface area contributed by atoms with Crippen molar-refractivity contribution in [2.24, 2.45) is 35.5 Å². The molecule has 0 N–H and O–H groups in total. The summed E-state index contributed by atoms with van der Waals surface area (Å²) in [4.78, 5) is 39.9. The first-order chi connectivity index (χ1) is 15.4.